The van der Waals surface area contributed by atoms with Gasteiger partial charge in [-0.15, -0.1) is 0 Å². The Bertz CT molecular complexity index is 451. The van der Waals surface area contributed by atoms with E-state index in [1.807, 2.05) is 6.92 Å². The maximum absolute atomic E-state index is 5.38. The molecule has 0 spiro atoms. The van der Waals surface area contributed by atoms with Crippen LogP contribution in [-0.4, -0.2) is 34.7 Å². The molecular weight excluding hydrogens is 262 g/mol. The van der Waals surface area contributed by atoms with Crippen LogP contribution in [-0.2, 0) is 0 Å². The van der Waals surface area contributed by atoms with Crippen molar-refractivity contribution in [1.29, 1.82) is 0 Å². The summed E-state index contributed by atoms with van der Waals surface area (Å²) in [5.74, 6) is 0.991. The third-order valence-electron chi connectivity index (χ3n) is 5.43. The molecule has 0 saturated carbocycles. The number of hydrogen-bond acceptors (Lipinski definition) is 4. The topological polar surface area (TPSA) is 41.3 Å². The van der Waals surface area contributed by atoms with Crippen LogP contribution in [0.1, 0.15) is 69.0 Å². The standard InChI is InChI=1S/C17H29N3O/c1-5-8-18-14-9-15-6-7-16(10-14)20(15)12(3)17-11(2)19-21-13(17)4/h12,14-16,18H,5-10H2,1-4H3. The van der Waals surface area contributed by atoms with Gasteiger partial charge < -0.3 is 9.84 Å². The van der Waals surface area contributed by atoms with E-state index in [-0.39, 0.29) is 0 Å². The smallest absolute Gasteiger partial charge is 0.138 e. The van der Waals surface area contributed by atoms with Crippen LogP contribution in [0.2, 0.25) is 0 Å². The summed E-state index contributed by atoms with van der Waals surface area (Å²) in [4.78, 5) is 2.75. The van der Waals surface area contributed by atoms with Crippen LogP contribution in [0.3, 0.4) is 0 Å². The van der Waals surface area contributed by atoms with Crippen molar-refractivity contribution in [3.63, 3.8) is 0 Å². The van der Waals surface area contributed by atoms with Gasteiger partial charge in [0.15, 0.2) is 0 Å². The van der Waals surface area contributed by atoms with E-state index < -0.39 is 0 Å². The fourth-order valence-corrected chi connectivity index (χ4v) is 4.60. The molecule has 3 unspecified atom stereocenters. The molecule has 2 aliphatic heterocycles. The Kier molecular flexibility index (Phi) is 4.36. The first-order valence-corrected chi connectivity index (χ1v) is 8.55. The summed E-state index contributed by atoms with van der Waals surface area (Å²) in [6, 6.07) is 2.60. The lowest BCUT2D eigenvalue weighted by Crippen LogP contribution is -2.50. The summed E-state index contributed by atoms with van der Waals surface area (Å²) >= 11 is 0. The van der Waals surface area contributed by atoms with Crippen LogP contribution in [0.15, 0.2) is 4.52 Å². The molecular formula is C17H29N3O. The normalized spacial score (nSPS) is 30.8. The SMILES string of the molecule is CCCNC1CC2CCC(C1)N2C(C)c1c(C)noc1C. The molecule has 2 aliphatic rings. The highest BCUT2D eigenvalue weighted by molar-refractivity contribution is 5.25. The number of piperidine rings is 1. The molecule has 21 heavy (non-hydrogen) atoms. The molecule has 0 radical (unpaired) electrons. The summed E-state index contributed by atoms with van der Waals surface area (Å²) in [6.07, 6.45) is 6.52. The Labute approximate surface area is 128 Å². The quantitative estimate of drug-likeness (QED) is 0.903. The second-order valence-corrected chi connectivity index (χ2v) is 6.87. The number of aromatic nitrogens is 1. The lowest BCUT2D eigenvalue weighted by atomic mass is 9.93. The third kappa shape index (κ3) is 2.76. The van der Waals surface area contributed by atoms with Crippen LogP contribution in [0.25, 0.3) is 0 Å². The number of rotatable bonds is 5. The van der Waals surface area contributed by atoms with Crippen LogP contribution in [0.5, 0.6) is 0 Å². The molecule has 2 saturated heterocycles. The first-order chi connectivity index (χ1) is 10.1. The van der Waals surface area contributed by atoms with Crippen molar-refractivity contribution in [2.75, 3.05) is 6.54 Å². The van der Waals surface area contributed by atoms with Gasteiger partial charge in [0, 0.05) is 29.7 Å². The van der Waals surface area contributed by atoms with E-state index in [1.165, 1.54) is 37.7 Å². The second kappa shape index (κ2) is 6.09. The molecule has 0 aliphatic carbocycles. The van der Waals surface area contributed by atoms with Gasteiger partial charge in [-0.05, 0) is 59.4 Å². The first-order valence-electron chi connectivity index (χ1n) is 8.55. The van der Waals surface area contributed by atoms with Crippen molar-refractivity contribution in [2.45, 2.75) is 84.0 Å². The minimum absolute atomic E-state index is 0.431. The highest BCUT2D eigenvalue weighted by Crippen LogP contribution is 2.42. The van der Waals surface area contributed by atoms with Crippen molar-refractivity contribution in [3.8, 4) is 0 Å². The molecule has 3 atom stereocenters. The summed E-state index contributed by atoms with van der Waals surface area (Å²) in [7, 11) is 0. The minimum Gasteiger partial charge on any atom is -0.361 e. The van der Waals surface area contributed by atoms with Gasteiger partial charge in [-0.25, -0.2) is 0 Å². The van der Waals surface area contributed by atoms with Crippen molar-refractivity contribution in [2.24, 2.45) is 0 Å². The minimum atomic E-state index is 0.431. The van der Waals surface area contributed by atoms with E-state index in [0.717, 1.165) is 36.1 Å². The zero-order valence-corrected chi connectivity index (χ0v) is 13.9. The summed E-state index contributed by atoms with van der Waals surface area (Å²) in [5.41, 5.74) is 2.37. The molecule has 3 heterocycles. The molecule has 4 heteroatoms. The van der Waals surface area contributed by atoms with Crippen molar-refractivity contribution in [3.05, 3.63) is 17.0 Å². The van der Waals surface area contributed by atoms with Gasteiger partial charge in [0.1, 0.15) is 5.76 Å². The van der Waals surface area contributed by atoms with Crippen molar-refractivity contribution >= 4 is 0 Å². The largest absolute Gasteiger partial charge is 0.361 e. The molecule has 1 aromatic heterocycles. The summed E-state index contributed by atoms with van der Waals surface area (Å²) in [5, 5.41) is 7.88. The average molecular weight is 291 g/mol. The molecule has 2 bridgehead atoms. The van der Waals surface area contributed by atoms with Crippen molar-refractivity contribution in [1.82, 2.24) is 15.4 Å². The van der Waals surface area contributed by atoms with E-state index in [0.29, 0.717) is 6.04 Å². The van der Waals surface area contributed by atoms with E-state index >= 15 is 0 Å². The van der Waals surface area contributed by atoms with Gasteiger partial charge in [-0.3, -0.25) is 4.90 Å². The number of aryl methyl sites for hydroxylation is 2. The summed E-state index contributed by atoms with van der Waals surface area (Å²) in [6.45, 7) is 9.85. The van der Waals surface area contributed by atoms with E-state index in [1.54, 1.807) is 0 Å². The predicted octanol–water partition coefficient (Wildman–Crippen LogP) is 3.35. The maximum Gasteiger partial charge on any atom is 0.138 e. The molecule has 1 aromatic rings. The Morgan fingerprint density at radius 2 is 1.95 bits per heavy atom. The molecule has 3 rings (SSSR count). The highest BCUT2D eigenvalue weighted by atomic mass is 16.5. The van der Waals surface area contributed by atoms with Gasteiger partial charge in [0.25, 0.3) is 0 Å². The average Bonchev–Trinajstić information content (AvgIpc) is 2.93. The first kappa shape index (κ1) is 15.0. The Hall–Kier alpha value is -0.870. The Balaban J connectivity index is 1.73. The molecule has 1 N–H and O–H groups in total. The maximum atomic E-state index is 5.38. The highest BCUT2D eigenvalue weighted by Gasteiger charge is 2.43. The molecule has 0 aromatic carbocycles. The second-order valence-electron chi connectivity index (χ2n) is 6.87. The van der Waals surface area contributed by atoms with Gasteiger partial charge in [0.05, 0.1) is 5.69 Å². The van der Waals surface area contributed by atoms with E-state index in [9.17, 15) is 0 Å². The van der Waals surface area contributed by atoms with E-state index in [4.69, 9.17) is 4.52 Å². The van der Waals surface area contributed by atoms with Gasteiger partial charge >= 0.3 is 0 Å². The van der Waals surface area contributed by atoms with E-state index in [2.05, 4.69) is 36.1 Å². The van der Waals surface area contributed by atoms with Crippen LogP contribution in [0, 0.1) is 13.8 Å². The zero-order valence-electron chi connectivity index (χ0n) is 13.9. The molecule has 118 valence electrons. The Morgan fingerprint density at radius 3 is 2.48 bits per heavy atom. The molecule has 0 amide bonds. The fraction of sp³-hybridized carbons (Fsp3) is 0.824. The van der Waals surface area contributed by atoms with Gasteiger partial charge in [0.2, 0.25) is 0 Å². The van der Waals surface area contributed by atoms with Crippen LogP contribution >= 0.6 is 0 Å². The van der Waals surface area contributed by atoms with Crippen molar-refractivity contribution < 1.29 is 4.52 Å². The molecule has 4 nitrogen and oxygen atoms in total. The number of nitrogens with one attached hydrogen (secondary N) is 1. The molecule has 2 fully saturated rings. The third-order valence-corrected chi connectivity index (χ3v) is 5.43. The van der Waals surface area contributed by atoms with Crippen LogP contribution in [0.4, 0.5) is 0 Å². The number of nitrogens with zero attached hydrogens (tertiary/aromatic N) is 2. The van der Waals surface area contributed by atoms with Gasteiger partial charge in [-0.2, -0.15) is 0 Å². The fourth-order valence-electron chi connectivity index (χ4n) is 4.60. The zero-order chi connectivity index (χ0) is 15.0. The van der Waals surface area contributed by atoms with Gasteiger partial charge in [-0.1, -0.05) is 12.1 Å². The predicted molar refractivity (Wildman–Crippen MR) is 84.4 cm³/mol. The lowest BCUT2D eigenvalue weighted by Gasteiger charge is -2.42. The summed E-state index contributed by atoms with van der Waals surface area (Å²) < 4.78 is 5.38. The van der Waals surface area contributed by atoms with Crippen LogP contribution < -0.4 is 5.32 Å². The lowest BCUT2D eigenvalue weighted by molar-refractivity contribution is 0.0763. The monoisotopic (exact) mass is 291 g/mol. The number of fused-ring (bicyclic) bond motifs is 2. The number of hydrogen-bond donors (Lipinski definition) is 1. The Morgan fingerprint density at radius 1 is 1.29 bits per heavy atom.